The second-order valence-corrected chi connectivity index (χ2v) is 5.66. The van der Waals surface area contributed by atoms with E-state index >= 15 is 0 Å². The van der Waals surface area contributed by atoms with E-state index in [0.717, 1.165) is 0 Å². The summed E-state index contributed by atoms with van der Waals surface area (Å²) in [7, 11) is 0. The first-order valence-corrected chi connectivity index (χ1v) is 5.90. The van der Waals surface area contributed by atoms with Gasteiger partial charge in [-0.05, 0) is 46.7 Å². The van der Waals surface area contributed by atoms with Crippen LogP contribution in [0.15, 0.2) is 30.3 Å². The van der Waals surface area contributed by atoms with Gasteiger partial charge in [0.1, 0.15) is 0 Å². The van der Waals surface area contributed by atoms with Crippen LogP contribution in [-0.4, -0.2) is 0 Å². The van der Waals surface area contributed by atoms with E-state index < -0.39 is 0 Å². The Kier molecular flexibility index (Phi) is 2.53. The topological polar surface area (TPSA) is 0 Å². The lowest BCUT2D eigenvalue weighted by molar-refractivity contribution is 0.591. The Labute approximate surface area is 98.3 Å². The maximum atomic E-state index is 2.29. The lowest BCUT2D eigenvalue weighted by Gasteiger charge is -2.25. The Morgan fingerprint density at radius 1 is 0.938 bits per heavy atom. The minimum atomic E-state index is 0.204. The predicted molar refractivity (Wildman–Crippen MR) is 72.1 cm³/mol. The fourth-order valence-corrected chi connectivity index (χ4v) is 2.56. The van der Waals surface area contributed by atoms with E-state index in [-0.39, 0.29) is 5.41 Å². The molecule has 0 aromatic heterocycles. The van der Waals surface area contributed by atoms with Crippen molar-refractivity contribution in [1.29, 1.82) is 0 Å². The molecule has 0 heteroatoms. The van der Waals surface area contributed by atoms with Gasteiger partial charge in [0.05, 0.1) is 0 Å². The van der Waals surface area contributed by atoms with Gasteiger partial charge in [0.2, 0.25) is 0 Å². The predicted octanol–water partition coefficient (Wildman–Crippen LogP) is 4.75. The summed E-state index contributed by atoms with van der Waals surface area (Å²) in [6.45, 7) is 11.3. The average Bonchev–Trinajstić information content (AvgIpc) is 2.17. The van der Waals surface area contributed by atoms with Gasteiger partial charge in [-0.3, -0.25) is 0 Å². The number of benzene rings is 2. The molecule has 0 nitrogen and oxygen atoms in total. The lowest BCUT2D eigenvalue weighted by Crippen LogP contribution is -2.14. The largest absolute Gasteiger partial charge is 0.0616 e. The van der Waals surface area contributed by atoms with Crippen molar-refractivity contribution in [3.05, 3.63) is 47.0 Å². The zero-order chi connectivity index (χ0) is 11.9. The maximum absolute atomic E-state index is 2.29. The van der Waals surface area contributed by atoms with Crippen molar-refractivity contribution < 1.29 is 0 Å². The third kappa shape index (κ3) is 1.73. The van der Waals surface area contributed by atoms with E-state index in [1.165, 1.54) is 27.5 Å². The summed E-state index contributed by atoms with van der Waals surface area (Å²) in [6, 6.07) is 11.0. The van der Waals surface area contributed by atoms with Gasteiger partial charge in [0.25, 0.3) is 0 Å². The van der Waals surface area contributed by atoms with Gasteiger partial charge in [0.15, 0.2) is 0 Å². The summed E-state index contributed by atoms with van der Waals surface area (Å²) in [6.07, 6.45) is 0. The van der Waals surface area contributed by atoms with E-state index in [4.69, 9.17) is 0 Å². The zero-order valence-electron chi connectivity index (χ0n) is 10.9. The molecule has 0 spiro atoms. The van der Waals surface area contributed by atoms with Crippen LogP contribution in [0.3, 0.4) is 0 Å². The van der Waals surface area contributed by atoms with Gasteiger partial charge in [-0.25, -0.2) is 0 Å². The SMILES string of the molecule is Cc1cc2ccccc2c(C(C)(C)C)c1C. The van der Waals surface area contributed by atoms with Gasteiger partial charge < -0.3 is 0 Å². The third-order valence-electron chi connectivity index (χ3n) is 3.32. The van der Waals surface area contributed by atoms with Gasteiger partial charge in [0, 0.05) is 0 Å². The van der Waals surface area contributed by atoms with E-state index in [1.807, 2.05) is 0 Å². The van der Waals surface area contributed by atoms with Crippen LogP contribution in [0, 0.1) is 13.8 Å². The van der Waals surface area contributed by atoms with Crippen molar-refractivity contribution >= 4 is 10.8 Å². The molecule has 0 saturated carbocycles. The smallest absolute Gasteiger partial charge is 0.0123 e. The Morgan fingerprint density at radius 3 is 2.19 bits per heavy atom. The summed E-state index contributed by atoms with van der Waals surface area (Å²) >= 11 is 0. The Morgan fingerprint density at radius 2 is 1.56 bits per heavy atom. The molecule has 0 amide bonds. The van der Waals surface area contributed by atoms with E-state index in [0.29, 0.717) is 0 Å². The monoisotopic (exact) mass is 212 g/mol. The quantitative estimate of drug-likeness (QED) is 0.591. The highest BCUT2D eigenvalue weighted by molar-refractivity contribution is 5.88. The number of hydrogen-bond donors (Lipinski definition) is 0. The van der Waals surface area contributed by atoms with Crippen molar-refractivity contribution in [1.82, 2.24) is 0 Å². The molecule has 0 N–H and O–H groups in total. The van der Waals surface area contributed by atoms with Gasteiger partial charge >= 0.3 is 0 Å². The van der Waals surface area contributed by atoms with Crippen molar-refractivity contribution in [3.8, 4) is 0 Å². The van der Waals surface area contributed by atoms with Crippen molar-refractivity contribution in [2.45, 2.75) is 40.0 Å². The highest BCUT2D eigenvalue weighted by Gasteiger charge is 2.20. The molecule has 0 unspecified atom stereocenters. The number of hydrogen-bond acceptors (Lipinski definition) is 0. The fourth-order valence-electron chi connectivity index (χ4n) is 2.56. The van der Waals surface area contributed by atoms with Crippen LogP contribution in [0.2, 0.25) is 0 Å². The standard InChI is InChI=1S/C16H20/c1-11-10-13-8-6-7-9-14(13)15(12(11)2)16(3,4)5/h6-10H,1-5H3. The molecule has 0 radical (unpaired) electrons. The van der Waals surface area contributed by atoms with Crippen LogP contribution in [0.25, 0.3) is 10.8 Å². The molecule has 0 bridgehead atoms. The van der Waals surface area contributed by atoms with Crippen LogP contribution >= 0.6 is 0 Å². The second-order valence-electron chi connectivity index (χ2n) is 5.66. The molecule has 2 aromatic carbocycles. The average molecular weight is 212 g/mol. The Balaban J connectivity index is 2.93. The third-order valence-corrected chi connectivity index (χ3v) is 3.32. The molecular formula is C16H20. The van der Waals surface area contributed by atoms with E-state index in [2.05, 4.69) is 65.0 Å². The zero-order valence-corrected chi connectivity index (χ0v) is 10.9. The maximum Gasteiger partial charge on any atom is -0.0123 e. The summed E-state index contributed by atoms with van der Waals surface area (Å²) in [5.74, 6) is 0. The number of rotatable bonds is 0. The van der Waals surface area contributed by atoms with Crippen LogP contribution in [0.1, 0.15) is 37.5 Å². The number of aryl methyl sites for hydroxylation is 1. The summed E-state index contributed by atoms with van der Waals surface area (Å²) in [4.78, 5) is 0. The molecule has 0 heterocycles. The molecule has 0 aliphatic heterocycles. The Hall–Kier alpha value is -1.30. The van der Waals surface area contributed by atoms with Crippen molar-refractivity contribution in [3.63, 3.8) is 0 Å². The summed E-state index contributed by atoms with van der Waals surface area (Å²) < 4.78 is 0. The molecular weight excluding hydrogens is 192 g/mol. The normalized spacial score (nSPS) is 12.1. The van der Waals surface area contributed by atoms with E-state index in [1.54, 1.807) is 0 Å². The van der Waals surface area contributed by atoms with Crippen LogP contribution in [0.4, 0.5) is 0 Å². The highest BCUT2D eigenvalue weighted by atomic mass is 14.2. The van der Waals surface area contributed by atoms with Gasteiger partial charge in [-0.15, -0.1) is 0 Å². The summed E-state index contributed by atoms with van der Waals surface area (Å²) in [5.41, 5.74) is 4.52. The van der Waals surface area contributed by atoms with Crippen molar-refractivity contribution in [2.75, 3.05) is 0 Å². The van der Waals surface area contributed by atoms with Gasteiger partial charge in [-0.2, -0.15) is 0 Å². The van der Waals surface area contributed by atoms with E-state index in [9.17, 15) is 0 Å². The minimum Gasteiger partial charge on any atom is -0.0616 e. The lowest BCUT2D eigenvalue weighted by atomic mass is 9.79. The summed E-state index contributed by atoms with van der Waals surface area (Å²) in [5, 5.41) is 2.76. The van der Waals surface area contributed by atoms with Crippen LogP contribution in [-0.2, 0) is 5.41 Å². The molecule has 84 valence electrons. The molecule has 0 saturated heterocycles. The first-order chi connectivity index (χ1) is 7.41. The molecule has 0 aliphatic rings. The molecule has 2 aromatic rings. The molecule has 0 atom stereocenters. The second kappa shape index (κ2) is 3.62. The van der Waals surface area contributed by atoms with Crippen LogP contribution in [0.5, 0.6) is 0 Å². The molecule has 16 heavy (non-hydrogen) atoms. The number of fused-ring (bicyclic) bond motifs is 1. The highest BCUT2D eigenvalue weighted by Crippen LogP contribution is 2.34. The minimum absolute atomic E-state index is 0.204. The van der Waals surface area contributed by atoms with Crippen molar-refractivity contribution in [2.24, 2.45) is 0 Å². The molecule has 0 aliphatic carbocycles. The van der Waals surface area contributed by atoms with Gasteiger partial charge in [-0.1, -0.05) is 51.1 Å². The Bertz CT molecular complexity index is 527. The molecule has 2 rings (SSSR count). The molecule has 0 fully saturated rings. The first kappa shape index (κ1) is 11.2. The van der Waals surface area contributed by atoms with Crippen LogP contribution < -0.4 is 0 Å². The first-order valence-electron chi connectivity index (χ1n) is 5.90. The fraction of sp³-hybridized carbons (Fsp3) is 0.375.